The van der Waals surface area contributed by atoms with Crippen molar-refractivity contribution >= 4 is 17.2 Å². The average Bonchev–Trinajstić information content (AvgIpc) is 3.44. The maximum atomic E-state index is 4.71. The molecule has 21 heavy (non-hydrogen) atoms. The number of rotatable bonds is 7. The molecule has 3 nitrogen and oxygen atoms in total. The minimum atomic E-state index is 0.682. The van der Waals surface area contributed by atoms with E-state index < -0.39 is 0 Å². The summed E-state index contributed by atoms with van der Waals surface area (Å²) in [5.41, 5.74) is 1.34. The van der Waals surface area contributed by atoms with E-state index in [1.807, 2.05) is 17.5 Å². The van der Waals surface area contributed by atoms with Gasteiger partial charge in [-0.1, -0.05) is 12.1 Å². The predicted octanol–water partition coefficient (Wildman–Crippen LogP) is 3.56. The molecule has 0 bridgehead atoms. The average molecular weight is 299 g/mol. The van der Waals surface area contributed by atoms with Gasteiger partial charge in [0.15, 0.2) is 0 Å². The van der Waals surface area contributed by atoms with Crippen molar-refractivity contribution in [2.75, 3.05) is 4.90 Å². The number of anilines is 1. The van der Waals surface area contributed by atoms with Crippen LogP contribution in [-0.2, 0) is 13.1 Å². The first-order valence-electron chi connectivity index (χ1n) is 7.86. The van der Waals surface area contributed by atoms with Crippen LogP contribution >= 0.6 is 11.3 Å². The summed E-state index contributed by atoms with van der Waals surface area (Å²) in [6, 6.07) is 10.1. The lowest BCUT2D eigenvalue weighted by Gasteiger charge is -2.25. The van der Waals surface area contributed by atoms with Gasteiger partial charge in [-0.05, 0) is 43.2 Å². The van der Waals surface area contributed by atoms with Gasteiger partial charge in [-0.15, -0.1) is 11.3 Å². The molecule has 4 heteroatoms. The fraction of sp³-hybridized carbons (Fsp3) is 0.471. The second-order valence-electron chi connectivity index (χ2n) is 6.08. The Balaban J connectivity index is 1.56. The van der Waals surface area contributed by atoms with Gasteiger partial charge in [0.1, 0.15) is 5.82 Å². The number of pyridine rings is 1. The van der Waals surface area contributed by atoms with E-state index >= 15 is 0 Å². The van der Waals surface area contributed by atoms with Crippen molar-refractivity contribution < 1.29 is 0 Å². The molecule has 2 aromatic rings. The Morgan fingerprint density at radius 1 is 1.19 bits per heavy atom. The zero-order chi connectivity index (χ0) is 14.1. The second kappa shape index (κ2) is 5.78. The van der Waals surface area contributed by atoms with Gasteiger partial charge in [-0.2, -0.15) is 0 Å². The van der Waals surface area contributed by atoms with Crippen LogP contribution in [0.3, 0.4) is 0 Å². The molecule has 2 aliphatic carbocycles. The minimum absolute atomic E-state index is 0.682. The summed E-state index contributed by atoms with van der Waals surface area (Å²) >= 11 is 1.84. The summed E-state index contributed by atoms with van der Waals surface area (Å²) in [6.45, 7) is 1.94. The van der Waals surface area contributed by atoms with Crippen LogP contribution in [0.15, 0.2) is 35.8 Å². The molecular weight excluding hydrogens is 278 g/mol. The van der Waals surface area contributed by atoms with Gasteiger partial charge in [0.25, 0.3) is 0 Å². The van der Waals surface area contributed by atoms with Gasteiger partial charge in [0.05, 0.1) is 6.54 Å². The maximum Gasteiger partial charge on any atom is 0.133 e. The number of nitrogens with zero attached hydrogens (tertiary/aromatic N) is 2. The van der Waals surface area contributed by atoms with E-state index in [2.05, 4.69) is 39.9 Å². The summed E-state index contributed by atoms with van der Waals surface area (Å²) in [7, 11) is 0. The molecule has 1 N–H and O–H groups in total. The number of aromatic nitrogens is 1. The minimum Gasteiger partial charge on any atom is -0.348 e. The smallest absolute Gasteiger partial charge is 0.133 e. The van der Waals surface area contributed by atoms with E-state index in [9.17, 15) is 0 Å². The summed E-state index contributed by atoms with van der Waals surface area (Å²) in [6.07, 6.45) is 7.20. The van der Waals surface area contributed by atoms with E-state index in [1.165, 1.54) is 41.9 Å². The zero-order valence-corrected chi connectivity index (χ0v) is 13.0. The largest absolute Gasteiger partial charge is 0.348 e. The van der Waals surface area contributed by atoms with E-state index in [0.29, 0.717) is 6.04 Å². The topological polar surface area (TPSA) is 28.2 Å². The maximum absolute atomic E-state index is 4.71. The third-order valence-electron chi connectivity index (χ3n) is 4.19. The van der Waals surface area contributed by atoms with Gasteiger partial charge >= 0.3 is 0 Å². The van der Waals surface area contributed by atoms with Crippen molar-refractivity contribution in [1.82, 2.24) is 10.3 Å². The molecule has 2 aliphatic rings. The quantitative estimate of drug-likeness (QED) is 0.847. The molecule has 0 aliphatic heterocycles. The summed E-state index contributed by atoms with van der Waals surface area (Å²) in [5.74, 6) is 1.18. The number of nitrogens with one attached hydrogen (secondary N) is 1. The lowest BCUT2D eigenvalue weighted by atomic mass is 10.2. The van der Waals surface area contributed by atoms with Crippen LogP contribution in [0.4, 0.5) is 5.82 Å². The molecule has 4 rings (SSSR count). The molecule has 0 saturated heterocycles. The van der Waals surface area contributed by atoms with Crippen molar-refractivity contribution in [3.8, 4) is 0 Å². The SMILES string of the molecule is c1csc(CN(c2ncccc2CNC2CC2)C2CC2)c1. The Bertz CT molecular complexity index is 588. The molecule has 2 aromatic heterocycles. The first-order chi connectivity index (χ1) is 10.4. The first-order valence-corrected chi connectivity index (χ1v) is 8.74. The Labute approximate surface area is 130 Å². The highest BCUT2D eigenvalue weighted by Crippen LogP contribution is 2.34. The molecule has 110 valence electrons. The Kier molecular flexibility index (Phi) is 3.65. The van der Waals surface area contributed by atoms with Crippen molar-refractivity contribution in [1.29, 1.82) is 0 Å². The molecule has 0 aromatic carbocycles. The van der Waals surface area contributed by atoms with E-state index in [-0.39, 0.29) is 0 Å². The fourth-order valence-corrected chi connectivity index (χ4v) is 3.40. The van der Waals surface area contributed by atoms with Crippen molar-refractivity contribution in [2.24, 2.45) is 0 Å². The lowest BCUT2D eigenvalue weighted by molar-refractivity contribution is 0.677. The van der Waals surface area contributed by atoms with Gasteiger partial charge in [0.2, 0.25) is 0 Å². The van der Waals surface area contributed by atoms with Crippen LogP contribution < -0.4 is 10.2 Å². The third-order valence-corrected chi connectivity index (χ3v) is 5.05. The second-order valence-corrected chi connectivity index (χ2v) is 7.11. The summed E-state index contributed by atoms with van der Waals surface area (Å²) in [4.78, 5) is 8.64. The molecule has 0 spiro atoms. The highest BCUT2D eigenvalue weighted by Gasteiger charge is 2.31. The van der Waals surface area contributed by atoms with E-state index in [4.69, 9.17) is 4.98 Å². The normalized spacial score (nSPS) is 17.9. The van der Waals surface area contributed by atoms with Crippen LogP contribution in [0.1, 0.15) is 36.1 Å². The molecule has 2 heterocycles. The Morgan fingerprint density at radius 3 is 2.81 bits per heavy atom. The van der Waals surface area contributed by atoms with Crippen LogP contribution in [-0.4, -0.2) is 17.1 Å². The van der Waals surface area contributed by atoms with Crippen LogP contribution in [0.5, 0.6) is 0 Å². The highest BCUT2D eigenvalue weighted by atomic mass is 32.1. The molecule has 0 unspecified atom stereocenters. The van der Waals surface area contributed by atoms with E-state index in [1.54, 1.807) is 0 Å². The van der Waals surface area contributed by atoms with Gasteiger partial charge in [-0.3, -0.25) is 0 Å². The number of hydrogen-bond acceptors (Lipinski definition) is 4. The fourth-order valence-electron chi connectivity index (χ4n) is 2.70. The molecule has 2 fully saturated rings. The molecule has 0 atom stereocenters. The van der Waals surface area contributed by atoms with Crippen LogP contribution in [0.2, 0.25) is 0 Å². The van der Waals surface area contributed by atoms with Gasteiger partial charge < -0.3 is 10.2 Å². The molecule has 0 amide bonds. The number of hydrogen-bond donors (Lipinski definition) is 1. The molecular formula is C17H21N3S. The lowest BCUT2D eigenvalue weighted by Crippen LogP contribution is -2.28. The van der Waals surface area contributed by atoms with Crippen molar-refractivity contribution in [3.05, 3.63) is 46.3 Å². The first kappa shape index (κ1) is 13.3. The van der Waals surface area contributed by atoms with Gasteiger partial charge in [-0.25, -0.2) is 4.98 Å². The third kappa shape index (κ3) is 3.27. The molecule has 0 radical (unpaired) electrons. The zero-order valence-electron chi connectivity index (χ0n) is 12.2. The van der Waals surface area contributed by atoms with Crippen LogP contribution in [0.25, 0.3) is 0 Å². The Hall–Kier alpha value is -1.39. The predicted molar refractivity (Wildman–Crippen MR) is 87.6 cm³/mol. The van der Waals surface area contributed by atoms with Crippen molar-refractivity contribution in [3.63, 3.8) is 0 Å². The number of thiophene rings is 1. The summed E-state index contributed by atoms with van der Waals surface area (Å²) in [5, 5.41) is 5.78. The monoisotopic (exact) mass is 299 g/mol. The Morgan fingerprint density at radius 2 is 2.10 bits per heavy atom. The summed E-state index contributed by atoms with van der Waals surface area (Å²) < 4.78 is 0. The van der Waals surface area contributed by atoms with E-state index in [0.717, 1.165) is 19.1 Å². The standard InChI is InChI=1S/C17H21N3S/c1-3-13(11-19-14-5-6-14)17(18-9-1)20(15-7-8-15)12-16-4-2-10-21-16/h1-4,9-10,14-15,19H,5-8,11-12H2. The van der Waals surface area contributed by atoms with Crippen LogP contribution in [0, 0.1) is 0 Å². The highest BCUT2D eigenvalue weighted by molar-refractivity contribution is 7.09. The van der Waals surface area contributed by atoms with Gasteiger partial charge in [0, 0.05) is 35.3 Å². The van der Waals surface area contributed by atoms with Crippen molar-refractivity contribution in [2.45, 2.75) is 50.9 Å². The molecule has 2 saturated carbocycles.